The zero-order valence-corrected chi connectivity index (χ0v) is 34.1. The molecule has 4 aliphatic heterocycles. The van der Waals surface area contributed by atoms with E-state index in [1.54, 1.807) is 0 Å². The number of rotatable bonds is 4. The number of methoxy groups -OCH3 is 1. The van der Waals surface area contributed by atoms with Gasteiger partial charge in [-0.05, 0) is 30.3 Å². The summed E-state index contributed by atoms with van der Waals surface area (Å²) in [6.07, 6.45) is -13.8. The first-order valence-corrected chi connectivity index (χ1v) is 19.2. The molecule has 0 radical (unpaired) electrons. The first kappa shape index (κ1) is 46.2. The average Bonchev–Trinajstić information content (AvgIpc) is 3.54. The number of esters is 6. The van der Waals surface area contributed by atoms with Crippen molar-refractivity contribution >= 4 is 41.6 Å². The number of cyclic esters (lactones) is 2. The highest BCUT2D eigenvalue weighted by atomic mass is 16.6. The average molecular weight is 967 g/mol. The quantitative estimate of drug-likeness (QED) is 0.0512. The van der Waals surface area contributed by atoms with Crippen LogP contribution in [0, 0.1) is 0 Å². The number of ether oxygens (including phenoxy) is 6. The normalized spacial score (nSPS) is 24.1. The maximum absolute atomic E-state index is 14.7. The number of benzene rings is 4. The Balaban J connectivity index is 1.41. The molecule has 0 spiro atoms. The molecule has 69 heavy (non-hydrogen) atoms. The topological polar surface area (TPSA) is 458 Å². The maximum atomic E-state index is 14.7. The third-order valence-corrected chi connectivity index (χ3v) is 11.6. The van der Waals surface area contributed by atoms with Gasteiger partial charge >= 0.3 is 35.8 Å². The Hall–Kier alpha value is -9.37. The second-order valence-electron chi connectivity index (χ2n) is 15.4. The van der Waals surface area contributed by atoms with Gasteiger partial charge in [0.2, 0.25) is 28.6 Å². The largest absolute Gasteiger partial charge is 0.504 e. The maximum Gasteiger partial charge on any atom is 0.347 e. The van der Waals surface area contributed by atoms with Gasteiger partial charge in [0.15, 0.2) is 76.2 Å². The lowest BCUT2D eigenvalue weighted by atomic mass is 9.77. The van der Waals surface area contributed by atoms with Crippen LogP contribution in [0.15, 0.2) is 41.5 Å². The van der Waals surface area contributed by atoms with Gasteiger partial charge in [0.1, 0.15) is 12.7 Å². The highest BCUT2D eigenvalue weighted by Crippen LogP contribution is 2.57. The van der Waals surface area contributed by atoms with Gasteiger partial charge in [0.05, 0.1) is 40.9 Å². The molecule has 4 heterocycles. The van der Waals surface area contributed by atoms with Gasteiger partial charge in [-0.15, -0.1) is 0 Å². The summed E-state index contributed by atoms with van der Waals surface area (Å²) < 4.78 is 32.2. The Morgan fingerprint density at radius 1 is 0.565 bits per heavy atom. The molecule has 4 bridgehead atoms. The minimum Gasteiger partial charge on any atom is -0.504 e. The summed E-state index contributed by atoms with van der Waals surface area (Å²) in [5, 5.41) is 151. The van der Waals surface area contributed by atoms with E-state index in [-0.39, 0.29) is 0 Å². The van der Waals surface area contributed by atoms with Crippen LogP contribution in [0.1, 0.15) is 52.9 Å². The van der Waals surface area contributed by atoms with Gasteiger partial charge in [0.25, 0.3) is 0 Å². The van der Waals surface area contributed by atoms with Crippen molar-refractivity contribution in [2.24, 2.45) is 0 Å². The molecule has 5 aliphatic rings. The Morgan fingerprint density at radius 3 is 1.58 bits per heavy atom. The van der Waals surface area contributed by atoms with Crippen LogP contribution in [0.5, 0.6) is 69.0 Å². The van der Waals surface area contributed by atoms with Crippen LogP contribution >= 0.6 is 0 Å². The Bertz CT molecular complexity index is 3050. The number of fused-ring (bicyclic) bond motifs is 6. The summed E-state index contributed by atoms with van der Waals surface area (Å²) in [7, 11) is 0.645. The molecule has 0 saturated carbocycles. The predicted octanol–water partition coefficient (Wildman–Crippen LogP) is -0.865. The molecule has 4 aromatic rings. The van der Waals surface area contributed by atoms with Crippen molar-refractivity contribution in [1.82, 2.24) is 0 Å². The van der Waals surface area contributed by atoms with E-state index in [0.717, 1.165) is 0 Å². The zero-order valence-electron chi connectivity index (χ0n) is 34.1. The number of carbonyl (C=O) groups is 7. The monoisotopic (exact) mass is 966 g/mol. The first-order valence-electron chi connectivity index (χ1n) is 19.2. The lowest BCUT2D eigenvalue weighted by molar-refractivity contribution is -0.179. The fourth-order valence-corrected chi connectivity index (χ4v) is 8.37. The molecule has 4 aromatic carbocycles. The van der Waals surface area contributed by atoms with E-state index in [4.69, 9.17) is 23.7 Å². The number of hydrogen-bond donors (Lipinski definition) is 14. The molecule has 14 N–H and O–H groups in total. The van der Waals surface area contributed by atoms with E-state index < -0.39 is 209 Å². The van der Waals surface area contributed by atoms with Gasteiger partial charge in [-0.3, -0.25) is 4.79 Å². The van der Waals surface area contributed by atoms with Crippen LogP contribution in [0.4, 0.5) is 0 Å². The summed E-state index contributed by atoms with van der Waals surface area (Å²) >= 11 is 0. The number of Topliss-reactive ketones (excluding diaryl/α,β-unsaturated/α-hetero) is 1. The Labute approximate surface area is 379 Å². The lowest BCUT2D eigenvalue weighted by Crippen LogP contribution is -2.58. The number of carbonyl (C=O) groups excluding carboxylic acids is 7. The smallest absolute Gasteiger partial charge is 0.347 e. The van der Waals surface area contributed by atoms with E-state index in [0.29, 0.717) is 37.4 Å². The summed E-state index contributed by atoms with van der Waals surface area (Å²) in [5.41, 5.74) is -14.1. The summed E-state index contributed by atoms with van der Waals surface area (Å²) in [5.74, 6) is -32.0. The Morgan fingerprint density at radius 2 is 1.03 bits per heavy atom. The minimum atomic E-state index is -3.72. The summed E-state index contributed by atoms with van der Waals surface area (Å²) in [6, 6.07) is 2.04. The van der Waals surface area contributed by atoms with E-state index in [9.17, 15) is 105 Å². The fraction of sp³-hybridized carbons (Fsp3) is 0.214. The van der Waals surface area contributed by atoms with E-state index in [2.05, 4.69) is 4.74 Å². The van der Waals surface area contributed by atoms with Gasteiger partial charge in [-0.25, -0.2) is 28.8 Å². The second-order valence-corrected chi connectivity index (χ2v) is 15.4. The van der Waals surface area contributed by atoms with E-state index in [1.807, 2.05) is 0 Å². The second kappa shape index (κ2) is 15.9. The van der Waals surface area contributed by atoms with Gasteiger partial charge in [-0.2, -0.15) is 0 Å². The van der Waals surface area contributed by atoms with Crippen molar-refractivity contribution in [2.45, 2.75) is 42.0 Å². The standard InChI is InChI=1S/C42H30O27/c1-64-41(62)42(63)23-20-11(6-16(47)27(51)30(20)54)39(60)69-34(33-31(55)22(35(42)56)21(23)40(61)68-33)32-17(66-36(57)8-2-12(43)24(48)13(44)3-8)7-65-37(58)9-4-14(45)25(49)28(52)18(9)19-10(38(59)67-32)5-15(46)26(50)29(19)53/h2-6,17,23,31-34,43-55,63H,7H2,1H3/t17-,23-,31-,32-,33+,34-,42-/m1/s1. The number of aliphatic hydroxyl groups is 2. The first-order chi connectivity index (χ1) is 32.4. The fourth-order valence-electron chi connectivity index (χ4n) is 8.37. The van der Waals surface area contributed by atoms with Crippen LogP contribution in [0.2, 0.25) is 0 Å². The minimum absolute atomic E-state index is 0.314. The molecule has 0 aromatic heterocycles. The number of phenols is 12. The van der Waals surface area contributed by atoms with Crippen LogP contribution in [0.25, 0.3) is 11.1 Å². The van der Waals surface area contributed by atoms with Crippen molar-refractivity contribution < 1.29 is 133 Å². The van der Waals surface area contributed by atoms with E-state index >= 15 is 0 Å². The molecule has 0 unspecified atom stereocenters. The van der Waals surface area contributed by atoms with Crippen molar-refractivity contribution in [3.8, 4) is 80.1 Å². The molecule has 0 fully saturated rings. The number of hydrogen-bond acceptors (Lipinski definition) is 27. The number of ketones is 1. The molecule has 360 valence electrons. The molecule has 0 amide bonds. The van der Waals surface area contributed by atoms with Crippen molar-refractivity contribution in [3.05, 3.63) is 69.3 Å². The molecular weight excluding hydrogens is 936 g/mol. The third-order valence-electron chi connectivity index (χ3n) is 11.6. The molecule has 27 heteroatoms. The number of phenolic OH excluding ortho intramolecular Hbond substituents is 12. The summed E-state index contributed by atoms with van der Waals surface area (Å²) in [4.78, 5) is 99.0. The molecule has 0 saturated heterocycles. The van der Waals surface area contributed by atoms with Crippen LogP contribution in [-0.2, 0) is 42.8 Å². The SMILES string of the molecule is COC(=O)[C@]1(O)C(=O)C2=C3C(=O)O[C@H]([C@@H]([C@@H]4OC(=O)c5cc(O)c(O)c(O)c5-c5c(cc(O)c(O)c5O)C(=O)OC[C@H]4OC(=O)c4cc(O)c(O)c(O)c4)OC(=O)c4cc(O)c(O)c(O)c4[C@H]31)[C@@H]2O. The van der Waals surface area contributed by atoms with Crippen LogP contribution in [0.3, 0.4) is 0 Å². The lowest BCUT2D eigenvalue weighted by Gasteiger charge is -2.40. The van der Waals surface area contributed by atoms with Crippen molar-refractivity contribution in [1.29, 1.82) is 0 Å². The molecule has 27 nitrogen and oxygen atoms in total. The van der Waals surface area contributed by atoms with E-state index in [1.165, 1.54) is 0 Å². The zero-order chi connectivity index (χ0) is 50.6. The van der Waals surface area contributed by atoms with Gasteiger partial charge in [-0.1, -0.05) is 0 Å². The highest BCUT2D eigenvalue weighted by molar-refractivity contribution is 6.25. The molecule has 9 rings (SSSR count). The van der Waals surface area contributed by atoms with Crippen LogP contribution < -0.4 is 0 Å². The molecular formula is C42H30O27. The number of aliphatic hydroxyl groups excluding tert-OH is 1. The molecule has 7 atom stereocenters. The number of aromatic hydroxyl groups is 12. The predicted molar refractivity (Wildman–Crippen MR) is 210 cm³/mol. The summed E-state index contributed by atoms with van der Waals surface area (Å²) in [6.45, 7) is -1.53. The third kappa shape index (κ3) is 6.69. The van der Waals surface area contributed by atoms with Crippen molar-refractivity contribution in [3.63, 3.8) is 0 Å². The van der Waals surface area contributed by atoms with Gasteiger partial charge < -0.3 is 99.9 Å². The van der Waals surface area contributed by atoms with Crippen LogP contribution in [-0.4, -0.2) is 163 Å². The Kier molecular flexibility index (Phi) is 10.6. The highest BCUT2D eigenvalue weighted by Gasteiger charge is 2.68. The van der Waals surface area contributed by atoms with Gasteiger partial charge in [0, 0.05) is 22.3 Å². The van der Waals surface area contributed by atoms with Crippen molar-refractivity contribution in [2.75, 3.05) is 13.7 Å². The molecule has 1 aliphatic carbocycles.